The van der Waals surface area contributed by atoms with Gasteiger partial charge >= 0.3 is 0 Å². The van der Waals surface area contributed by atoms with Crippen molar-refractivity contribution in [3.63, 3.8) is 0 Å². The van der Waals surface area contributed by atoms with Gasteiger partial charge in [0.2, 0.25) is 5.13 Å². The third kappa shape index (κ3) is 4.92. The third-order valence-corrected chi connectivity index (χ3v) is 6.71. The van der Waals surface area contributed by atoms with Crippen molar-refractivity contribution in [1.82, 2.24) is 10.2 Å². The minimum atomic E-state index is -0.722. The summed E-state index contributed by atoms with van der Waals surface area (Å²) >= 11 is 9.01. The fraction of sp³-hybridized carbons (Fsp3) is 0.136. The van der Waals surface area contributed by atoms with E-state index < -0.39 is 6.10 Å². The number of para-hydroxylation sites is 1. The molecule has 1 N–H and O–H groups in total. The molecule has 1 atom stereocenters. The standard InChI is InChI=1S/C22H18ClN3O2S2/c1-14(28-19-12-5-4-11-18(19)23)20(27)24-21-25-26-22(30-21)29-13-16-9-6-8-15-7-2-3-10-17(15)16/h2-12,14H,13H2,1H3,(H,24,25,27). The average molecular weight is 456 g/mol. The number of thioether (sulfide) groups is 1. The summed E-state index contributed by atoms with van der Waals surface area (Å²) in [5.74, 6) is 0.928. The van der Waals surface area contributed by atoms with Crippen molar-refractivity contribution in [3.8, 4) is 5.75 Å². The number of halogens is 1. The van der Waals surface area contributed by atoms with E-state index in [0.29, 0.717) is 15.9 Å². The van der Waals surface area contributed by atoms with Gasteiger partial charge in [0.05, 0.1) is 5.02 Å². The Hall–Kier alpha value is -2.61. The van der Waals surface area contributed by atoms with Crippen molar-refractivity contribution >= 4 is 56.5 Å². The lowest BCUT2D eigenvalue weighted by Gasteiger charge is -2.14. The van der Waals surface area contributed by atoms with Crippen molar-refractivity contribution < 1.29 is 9.53 Å². The molecule has 0 aliphatic carbocycles. The molecule has 0 bridgehead atoms. The van der Waals surface area contributed by atoms with E-state index in [9.17, 15) is 4.79 Å². The number of benzene rings is 3. The summed E-state index contributed by atoms with van der Waals surface area (Å²) in [4.78, 5) is 12.4. The summed E-state index contributed by atoms with van der Waals surface area (Å²) in [5.41, 5.74) is 1.24. The second kappa shape index (κ2) is 9.47. The van der Waals surface area contributed by atoms with E-state index in [0.717, 1.165) is 10.1 Å². The van der Waals surface area contributed by atoms with Gasteiger partial charge < -0.3 is 4.74 Å². The first-order valence-corrected chi connectivity index (χ1v) is 11.4. The lowest BCUT2D eigenvalue weighted by molar-refractivity contribution is -0.122. The van der Waals surface area contributed by atoms with Gasteiger partial charge in [0.1, 0.15) is 5.75 Å². The highest BCUT2D eigenvalue weighted by Crippen LogP contribution is 2.31. The number of nitrogens with zero attached hydrogens (tertiary/aromatic N) is 2. The minimum absolute atomic E-state index is 0.309. The molecule has 0 saturated carbocycles. The maximum absolute atomic E-state index is 12.4. The Morgan fingerprint density at radius 2 is 1.87 bits per heavy atom. The Morgan fingerprint density at radius 3 is 2.73 bits per heavy atom. The lowest BCUT2D eigenvalue weighted by Crippen LogP contribution is -2.30. The van der Waals surface area contributed by atoms with E-state index in [1.54, 1.807) is 43.0 Å². The molecule has 8 heteroatoms. The van der Waals surface area contributed by atoms with Crippen LogP contribution in [0, 0.1) is 0 Å². The second-order valence-electron chi connectivity index (χ2n) is 6.48. The van der Waals surface area contributed by atoms with Crippen LogP contribution in [0.5, 0.6) is 5.75 Å². The zero-order chi connectivity index (χ0) is 20.9. The van der Waals surface area contributed by atoms with Gasteiger partial charge in [-0.25, -0.2) is 0 Å². The van der Waals surface area contributed by atoms with E-state index in [-0.39, 0.29) is 5.91 Å². The molecule has 0 aliphatic rings. The summed E-state index contributed by atoms with van der Waals surface area (Å²) in [7, 11) is 0. The van der Waals surface area contributed by atoms with Crippen molar-refractivity contribution in [1.29, 1.82) is 0 Å². The lowest BCUT2D eigenvalue weighted by atomic mass is 10.1. The number of hydrogen-bond donors (Lipinski definition) is 1. The highest BCUT2D eigenvalue weighted by molar-refractivity contribution is 8.00. The Bertz CT molecular complexity index is 1180. The molecular formula is C22H18ClN3O2S2. The first kappa shape index (κ1) is 20.7. The minimum Gasteiger partial charge on any atom is -0.479 e. The highest BCUT2D eigenvalue weighted by Gasteiger charge is 2.18. The van der Waals surface area contributed by atoms with Gasteiger partial charge in [-0.3, -0.25) is 10.1 Å². The van der Waals surface area contributed by atoms with E-state index in [2.05, 4.69) is 45.8 Å². The number of ether oxygens (including phenoxy) is 1. The van der Waals surface area contributed by atoms with Crippen molar-refractivity contribution in [3.05, 3.63) is 77.3 Å². The zero-order valence-corrected chi connectivity index (χ0v) is 18.4. The Morgan fingerprint density at radius 1 is 1.10 bits per heavy atom. The van der Waals surface area contributed by atoms with Gasteiger partial charge in [0.15, 0.2) is 10.4 Å². The molecule has 4 aromatic rings. The molecule has 0 radical (unpaired) electrons. The van der Waals surface area contributed by atoms with Crippen LogP contribution in [0.3, 0.4) is 0 Å². The number of carbonyl (C=O) groups excluding carboxylic acids is 1. The van der Waals surface area contributed by atoms with Crippen LogP contribution in [0.15, 0.2) is 71.1 Å². The maximum Gasteiger partial charge on any atom is 0.266 e. The molecule has 30 heavy (non-hydrogen) atoms. The van der Waals surface area contributed by atoms with Gasteiger partial charge in [-0.15, -0.1) is 10.2 Å². The molecule has 5 nitrogen and oxygen atoms in total. The molecule has 4 rings (SSSR count). The van der Waals surface area contributed by atoms with Crippen LogP contribution in [-0.2, 0) is 10.5 Å². The normalized spacial score (nSPS) is 11.9. The quantitative estimate of drug-likeness (QED) is 0.271. The molecule has 1 heterocycles. The number of amides is 1. The Labute approximate surface area is 187 Å². The van der Waals surface area contributed by atoms with Crippen LogP contribution < -0.4 is 10.1 Å². The number of aromatic nitrogens is 2. The fourth-order valence-electron chi connectivity index (χ4n) is 2.87. The van der Waals surface area contributed by atoms with Crippen molar-refractivity contribution in [2.75, 3.05) is 5.32 Å². The first-order chi connectivity index (χ1) is 14.6. The van der Waals surface area contributed by atoms with Crippen LogP contribution in [0.1, 0.15) is 12.5 Å². The maximum atomic E-state index is 12.4. The highest BCUT2D eigenvalue weighted by atomic mass is 35.5. The number of nitrogens with one attached hydrogen (secondary N) is 1. The summed E-state index contributed by atoms with van der Waals surface area (Å²) in [5, 5.41) is 14.3. The van der Waals surface area contributed by atoms with E-state index in [1.807, 2.05) is 12.1 Å². The van der Waals surface area contributed by atoms with Crippen molar-refractivity contribution in [2.45, 2.75) is 23.1 Å². The zero-order valence-electron chi connectivity index (χ0n) is 16.0. The fourth-order valence-corrected chi connectivity index (χ4v) is 4.81. The first-order valence-electron chi connectivity index (χ1n) is 9.25. The van der Waals surface area contributed by atoms with Crippen LogP contribution in [-0.4, -0.2) is 22.2 Å². The number of hydrogen-bond acceptors (Lipinski definition) is 6. The summed E-state index contributed by atoms with van der Waals surface area (Å²) < 4.78 is 6.43. The van der Waals surface area contributed by atoms with Crippen LogP contribution in [0.2, 0.25) is 5.02 Å². The summed E-state index contributed by atoms with van der Waals surface area (Å²) in [6.07, 6.45) is -0.722. The van der Waals surface area contributed by atoms with Gasteiger partial charge in [0.25, 0.3) is 5.91 Å². The van der Waals surface area contributed by atoms with Gasteiger partial charge in [-0.1, -0.05) is 89.3 Å². The predicted molar refractivity (Wildman–Crippen MR) is 124 cm³/mol. The topological polar surface area (TPSA) is 64.1 Å². The molecule has 152 valence electrons. The molecule has 3 aromatic carbocycles. The Kier molecular flexibility index (Phi) is 6.52. The number of fused-ring (bicyclic) bond motifs is 1. The molecular weight excluding hydrogens is 438 g/mol. The SMILES string of the molecule is CC(Oc1ccccc1Cl)C(=O)Nc1nnc(SCc2cccc3ccccc23)s1. The summed E-state index contributed by atoms with van der Waals surface area (Å²) in [6.45, 7) is 1.66. The van der Waals surface area contributed by atoms with Gasteiger partial charge in [-0.05, 0) is 35.4 Å². The number of carbonyl (C=O) groups is 1. The van der Waals surface area contributed by atoms with Gasteiger partial charge in [-0.2, -0.15) is 0 Å². The summed E-state index contributed by atoms with van der Waals surface area (Å²) in [6, 6.07) is 21.6. The van der Waals surface area contributed by atoms with E-state index in [1.165, 1.54) is 27.7 Å². The molecule has 0 fully saturated rings. The molecule has 0 aliphatic heterocycles. The molecule has 0 saturated heterocycles. The molecule has 0 spiro atoms. The number of anilines is 1. The molecule has 1 amide bonds. The molecule has 1 unspecified atom stereocenters. The van der Waals surface area contributed by atoms with Crippen LogP contribution in [0.25, 0.3) is 10.8 Å². The van der Waals surface area contributed by atoms with Crippen LogP contribution >= 0.6 is 34.7 Å². The molecule has 1 aromatic heterocycles. The smallest absolute Gasteiger partial charge is 0.266 e. The van der Waals surface area contributed by atoms with Gasteiger partial charge in [0, 0.05) is 5.75 Å². The number of rotatable bonds is 7. The Balaban J connectivity index is 1.36. The van der Waals surface area contributed by atoms with E-state index >= 15 is 0 Å². The monoisotopic (exact) mass is 455 g/mol. The third-order valence-electron chi connectivity index (χ3n) is 4.38. The second-order valence-corrected chi connectivity index (χ2v) is 9.09. The predicted octanol–water partition coefficient (Wildman–Crippen LogP) is 6.04. The average Bonchev–Trinajstić information content (AvgIpc) is 3.21. The van der Waals surface area contributed by atoms with E-state index in [4.69, 9.17) is 16.3 Å². The van der Waals surface area contributed by atoms with Crippen LogP contribution in [0.4, 0.5) is 5.13 Å². The van der Waals surface area contributed by atoms with Crippen molar-refractivity contribution in [2.24, 2.45) is 0 Å². The largest absolute Gasteiger partial charge is 0.479 e.